The molecule has 0 heterocycles. The van der Waals surface area contributed by atoms with Gasteiger partial charge in [-0.3, -0.25) is 0 Å². The van der Waals surface area contributed by atoms with Crippen LogP contribution >= 0.6 is 0 Å². The molecule has 0 unspecified atom stereocenters. The topological polar surface area (TPSA) is 49.7 Å². The van der Waals surface area contributed by atoms with E-state index in [9.17, 15) is 10.2 Å². The molecule has 3 heteroatoms. The van der Waals surface area contributed by atoms with Crippen LogP contribution in [0, 0.1) is 0 Å². The predicted octanol–water partition coefficient (Wildman–Crippen LogP) is 11.0. The van der Waals surface area contributed by atoms with Crippen molar-refractivity contribution >= 4 is 0 Å². The third-order valence-corrected chi connectivity index (χ3v) is 10.1. The lowest BCUT2D eigenvalue weighted by Crippen LogP contribution is -2.16. The van der Waals surface area contributed by atoms with E-state index in [4.69, 9.17) is 4.74 Å². The summed E-state index contributed by atoms with van der Waals surface area (Å²) >= 11 is 0. The van der Waals surface area contributed by atoms with E-state index in [2.05, 4.69) is 138 Å². The van der Waals surface area contributed by atoms with E-state index in [-0.39, 0.29) is 21.7 Å². The van der Waals surface area contributed by atoms with Crippen molar-refractivity contribution in [2.45, 2.75) is 130 Å². The highest BCUT2D eigenvalue weighted by molar-refractivity contribution is 5.57. The molecule has 3 nitrogen and oxygen atoms in total. The van der Waals surface area contributed by atoms with E-state index >= 15 is 0 Å². The van der Waals surface area contributed by atoms with Gasteiger partial charge in [0.05, 0.1) is 7.11 Å². The Balaban J connectivity index is 1.88. The summed E-state index contributed by atoms with van der Waals surface area (Å²) in [6, 6.07) is 20.2. The zero-order valence-electron chi connectivity index (χ0n) is 31.8. The Morgan fingerprint density at radius 3 is 0.958 bits per heavy atom. The zero-order valence-corrected chi connectivity index (χ0v) is 31.8. The first-order valence-electron chi connectivity index (χ1n) is 17.6. The summed E-state index contributed by atoms with van der Waals surface area (Å²) in [6.07, 6.45) is 2.30. The lowest BCUT2D eigenvalue weighted by Gasteiger charge is -2.27. The number of fused-ring (bicyclic) bond motifs is 8. The molecular weight excluding hydrogens is 588 g/mol. The normalized spacial score (nSPS) is 14.2. The Labute approximate surface area is 290 Å². The Kier molecular flexibility index (Phi) is 9.13. The molecule has 0 saturated carbocycles. The number of phenolic OH excluding ortho intramolecular Hbond substituents is 2. The van der Waals surface area contributed by atoms with Crippen molar-refractivity contribution in [1.29, 1.82) is 0 Å². The van der Waals surface area contributed by atoms with Crippen molar-refractivity contribution < 1.29 is 14.9 Å². The maximum absolute atomic E-state index is 12.0. The molecule has 0 fully saturated rings. The summed E-state index contributed by atoms with van der Waals surface area (Å²) in [6.45, 7) is 26.9. The molecule has 1 aliphatic carbocycles. The number of hydrogen-bond acceptors (Lipinski definition) is 3. The van der Waals surface area contributed by atoms with Crippen LogP contribution in [0.1, 0.15) is 150 Å². The van der Waals surface area contributed by atoms with E-state index in [1.54, 1.807) is 7.11 Å². The molecule has 0 radical (unpaired) electrons. The smallest absolute Gasteiger partial charge is 0.125 e. The fraction of sp³-hybridized carbons (Fsp3) is 0.467. The van der Waals surface area contributed by atoms with E-state index in [0.717, 1.165) is 50.3 Å². The molecular formula is C45H58O3. The van der Waals surface area contributed by atoms with Gasteiger partial charge in [0.15, 0.2) is 0 Å². The number of rotatable bonds is 1. The molecule has 1 aliphatic rings. The average molecular weight is 647 g/mol. The second kappa shape index (κ2) is 12.3. The van der Waals surface area contributed by atoms with Gasteiger partial charge in [-0.05, 0) is 88.4 Å². The average Bonchev–Trinajstić information content (AvgIpc) is 2.94. The van der Waals surface area contributed by atoms with Crippen LogP contribution in [0.3, 0.4) is 0 Å². The van der Waals surface area contributed by atoms with Crippen LogP contribution < -0.4 is 4.74 Å². The molecule has 0 aliphatic heterocycles. The maximum atomic E-state index is 12.0. The van der Waals surface area contributed by atoms with Crippen molar-refractivity contribution in [3.63, 3.8) is 0 Å². The number of ether oxygens (including phenoxy) is 1. The lowest BCUT2D eigenvalue weighted by atomic mass is 9.79. The van der Waals surface area contributed by atoms with Gasteiger partial charge in [-0.2, -0.15) is 0 Å². The first-order chi connectivity index (χ1) is 22.0. The first kappa shape index (κ1) is 35.6. The molecule has 0 amide bonds. The van der Waals surface area contributed by atoms with Crippen LogP contribution in [0.4, 0.5) is 0 Å². The van der Waals surface area contributed by atoms with Crippen molar-refractivity contribution in [2.24, 2.45) is 0 Å². The quantitative estimate of drug-likeness (QED) is 0.191. The van der Waals surface area contributed by atoms with Crippen molar-refractivity contribution in [1.82, 2.24) is 0 Å². The zero-order chi connectivity index (χ0) is 35.6. The molecule has 4 aromatic rings. The minimum atomic E-state index is -0.106. The number of hydrogen-bond donors (Lipinski definition) is 2. The van der Waals surface area contributed by atoms with Gasteiger partial charge in [-0.15, -0.1) is 0 Å². The standard InChI is InChI=1S/C45H58O3/c1-42(2,3)35-17-27-14-28(18-35)16-30-22-37(44(7,8)9)24-32(40(30)47)20-34-26-38(45(10,11)12)25-33(41(34)48-13)19-31-23-36(43(4,5)6)21-29(15-27)39(31)46/h14,17-18,21-26,46-47H,15-16,19-20H2,1-13H3. The van der Waals surface area contributed by atoms with Gasteiger partial charge in [-0.1, -0.05) is 138 Å². The Hall–Kier alpha value is -3.72. The minimum absolute atomic E-state index is 0.0590. The highest BCUT2D eigenvalue weighted by Crippen LogP contribution is 2.41. The SMILES string of the molecule is COc1c2cc(C(C)(C)C)cc1Cc1cc(C(C)(C)C)cc(c1O)Cc1cc(cc(C(C)(C)C)c1)Cc1cc(C(C)(C)C)cc(c1O)C2. The van der Waals surface area contributed by atoms with Crippen molar-refractivity contribution in [3.8, 4) is 17.2 Å². The van der Waals surface area contributed by atoms with E-state index in [1.165, 1.54) is 22.3 Å². The number of methoxy groups -OCH3 is 1. The van der Waals surface area contributed by atoms with Gasteiger partial charge in [0.25, 0.3) is 0 Å². The number of benzene rings is 4. The van der Waals surface area contributed by atoms with Gasteiger partial charge in [-0.25, -0.2) is 0 Å². The van der Waals surface area contributed by atoms with Crippen LogP contribution in [0.25, 0.3) is 0 Å². The summed E-state index contributed by atoms with van der Waals surface area (Å²) in [5.74, 6) is 1.54. The molecule has 0 aromatic heterocycles. The fourth-order valence-corrected chi connectivity index (χ4v) is 6.89. The largest absolute Gasteiger partial charge is 0.507 e. The van der Waals surface area contributed by atoms with E-state index in [0.29, 0.717) is 37.2 Å². The van der Waals surface area contributed by atoms with Gasteiger partial charge >= 0.3 is 0 Å². The number of phenols is 2. The highest BCUT2D eigenvalue weighted by atomic mass is 16.5. The molecule has 0 saturated heterocycles. The Morgan fingerprint density at radius 2 is 0.667 bits per heavy atom. The first-order valence-corrected chi connectivity index (χ1v) is 17.6. The van der Waals surface area contributed by atoms with E-state index < -0.39 is 0 Å². The summed E-state index contributed by atoms with van der Waals surface area (Å²) < 4.78 is 6.22. The second-order valence-electron chi connectivity index (χ2n) is 18.4. The molecule has 0 spiro atoms. The summed E-state index contributed by atoms with van der Waals surface area (Å²) in [5, 5.41) is 24.0. The van der Waals surface area contributed by atoms with Crippen molar-refractivity contribution in [3.05, 3.63) is 121 Å². The monoisotopic (exact) mass is 646 g/mol. The molecule has 5 rings (SSSR count). The van der Waals surface area contributed by atoms with Crippen LogP contribution in [0.15, 0.2) is 54.6 Å². The predicted molar refractivity (Wildman–Crippen MR) is 202 cm³/mol. The lowest BCUT2D eigenvalue weighted by molar-refractivity contribution is 0.404. The number of aromatic hydroxyl groups is 2. The van der Waals surface area contributed by atoms with E-state index in [1.807, 2.05) is 0 Å². The van der Waals surface area contributed by atoms with Gasteiger partial charge in [0.2, 0.25) is 0 Å². The summed E-state index contributed by atoms with van der Waals surface area (Å²) in [7, 11) is 1.74. The molecule has 2 N–H and O–H groups in total. The minimum Gasteiger partial charge on any atom is -0.507 e. The highest BCUT2D eigenvalue weighted by Gasteiger charge is 2.26. The Bertz CT molecular complexity index is 1730. The molecule has 8 bridgehead atoms. The van der Waals surface area contributed by atoms with Gasteiger partial charge < -0.3 is 14.9 Å². The third kappa shape index (κ3) is 7.46. The van der Waals surface area contributed by atoms with Crippen LogP contribution in [0.2, 0.25) is 0 Å². The third-order valence-electron chi connectivity index (χ3n) is 10.1. The summed E-state index contributed by atoms with van der Waals surface area (Å²) in [5.41, 5.74) is 12.6. The van der Waals surface area contributed by atoms with Crippen LogP contribution in [-0.2, 0) is 47.3 Å². The van der Waals surface area contributed by atoms with Crippen LogP contribution in [-0.4, -0.2) is 17.3 Å². The van der Waals surface area contributed by atoms with Crippen molar-refractivity contribution in [2.75, 3.05) is 7.11 Å². The molecule has 48 heavy (non-hydrogen) atoms. The molecule has 0 atom stereocenters. The second-order valence-corrected chi connectivity index (χ2v) is 18.4. The fourth-order valence-electron chi connectivity index (χ4n) is 6.89. The van der Waals surface area contributed by atoms with Gasteiger partial charge in [0.1, 0.15) is 17.2 Å². The maximum Gasteiger partial charge on any atom is 0.125 e. The molecule has 256 valence electrons. The summed E-state index contributed by atoms with van der Waals surface area (Å²) in [4.78, 5) is 0. The van der Waals surface area contributed by atoms with Gasteiger partial charge in [0, 0.05) is 25.7 Å². The van der Waals surface area contributed by atoms with Crippen LogP contribution in [0.5, 0.6) is 17.2 Å². The molecule has 4 aromatic carbocycles. The Morgan fingerprint density at radius 1 is 0.396 bits per heavy atom.